The molecule has 0 heterocycles. The minimum atomic E-state index is 0.317. The Labute approximate surface area is 82.5 Å². The van der Waals surface area contributed by atoms with Gasteiger partial charge in [-0.15, -0.1) is 11.8 Å². The smallest absolute Gasteiger partial charge is 0.163 e. The maximum atomic E-state index is 11.5. The third-order valence-electron chi connectivity index (χ3n) is 2.47. The summed E-state index contributed by atoms with van der Waals surface area (Å²) < 4.78 is 0. The second kappa shape index (κ2) is 3.54. The van der Waals surface area contributed by atoms with Crippen molar-refractivity contribution in [1.82, 2.24) is 0 Å². The van der Waals surface area contributed by atoms with Crippen molar-refractivity contribution in [2.24, 2.45) is 0 Å². The van der Waals surface area contributed by atoms with Crippen LogP contribution in [-0.4, -0.2) is 12.0 Å². The second-order valence-corrected chi connectivity index (χ2v) is 4.18. The van der Waals surface area contributed by atoms with E-state index in [4.69, 9.17) is 0 Å². The van der Waals surface area contributed by atoms with Gasteiger partial charge in [0.15, 0.2) is 5.78 Å². The van der Waals surface area contributed by atoms with Crippen LogP contribution in [0.15, 0.2) is 23.1 Å². The van der Waals surface area contributed by atoms with Crippen LogP contribution in [0.25, 0.3) is 0 Å². The number of fused-ring (bicyclic) bond motifs is 1. The van der Waals surface area contributed by atoms with Gasteiger partial charge in [0.1, 0.15) is 0 Å². The van der Waals surface area contributed by atoms with Gasteiger partial charge in [0.2, 0.25) is 0 Å². The molecule has 0 aliphatic heterocycles. The molecule has 68 valence electrons. The van der Waals surface area contributed by atoms with Crippen LogP contribution in [0, 0.1) is 0 Å². The van der Waals surface area contributed by atoms with E-state index in [1.54, 1.807) is 11.8 Å². The van der Waals surface area contributed by atoms with Crippen LogP contribution >= 0.6 is 11.8 Å². The highest BCUT2D eigenvalue weighted by Gasteiger charge is 2.16. The van der Waals surface area contributed by atoms with Crippen LogP contribution in [0.4, 0.5) is 0 Å². The number of ketones is 1. The summed E-state index contributed by atoms with van der Waals surface area (Å²) in [5.74, 6) is 0.317. The molecule has 1 aliphatic rings. The zero-order chi connectivity index (χ0) is 9.26. The number of thioether (sulfide) groups is 1. The first-order valence-corrected chi connectivity index (χ1v) is 5.74. The molecule has 0 radical (unpaired) electrons. The third-order valence-corrected chi connectivity index (χ3v) is 3.19. The minimum absolute atomic E-state index is 0.317. The number of hydrogen-bond donors (Lipinski definition) is 0. The molecular formula is C11H12OS. The van der Waals surface area contributed by atoms with Gasteiger partial charge in [-0.25, -0.2) is 0 Å². The number of carbonyl (C=O) groups excluding carboxylic acids is 1. The summed E-state index contributed by atoms with van der Waals surface area (Å²) >= 11 is 1.69. The molecule has 0 atom stereocenters. The lowest BCUT2D eigenvalue weighted by molar-refractivity contribution is 0.0972. The fraction of sp³-hybridized carbons (Fsp3) is 0.364. The molecule has 0 amide bonds. The van der Waals surface area contributed by atoms with Gasteiger partial charge >= 0.3 is 0 Å². The third kappa shape index (κ3) is 1.63. The monoisotopic (exact) mass is 192 g/mol. The molecule has 1 aliphatic carbocycles. The Morgan fingerprint density at radius 3 is 2.92 bits per heavy atom. The van der Waals surface area contributed by atoms with Crippen LogP contribution < -0.4 is 0 Å². The predicted octanol–water partition coefficient (Wildman–Crippen LogP) is 2.93. The summed E-state index contributed by atoms with van der Waals surface area (Å²) in [5, 5.41) is 0. The predicted molar refractivity (Wildman–Crippen MR) is 55.5 cm³/mol. The molecule has 0 aromatic heterocycles. The lowest BCUT2D eigenvalue weighted by Crippen LogP contribution is -2.10. The zero-order valence-corrected chi connectivity index (χ0v) is 8.49. The fourth-order valence-corrected chi connectivity index (χ4v) is 2.17. The maximum Gasteiger partial charge on any atom is 0.163 e. The molecule has 2 rings (SSSR count). The summed E-state index contributed by atoms with van der Waals surface area (Å²) in [4.78, 5) is 12.7. The van der Waals surface area contributed by atoms with Crippen molar-refractivity contribution >= 4 is 17.5 Å². The van der Waals surface area contributed by atoms with Gasteiger partial charge in [-0.1, -0.05) is 6.07 Å². The maximum absolute atomic E-state index is 11.5. The Balaban J connectivity index is 2.47. The van der Waals surface area contributed by atoms with Crippen LogP contribution in [0.3, 0.4) is 0 Å². The molecule has 0 saturated carbocycles. The highest BCUT2D eigenvalue weighted by Crippen LogP contribution is 2.25. The quantitative estimate of drug-likeness (QED) is 0.636. The highest BCUT2D eigenvalue weighted by atomic mass is 32.2. The Morgan fingerprint density at radius 1 is 1.31 bits per heavy atom. The molecule has 0 unspecified atom stereocenters. The number of benzene rings is 1. The summed E-state index contributed by atoms with van der Waals surface area (Å²) in [7, 11) is 0. The Hall–Kier alpha value is -0.760. The lowest BCUT2D eigenvalue weighted by atomic mass is 9.91. The Kier molecular flexibility index (Phi) is 2.40. The highest BCUT2D eigenvalue weighted by molar-refractivity contribution is 7.98. The first-order valence-electron chi connectivity index (χ1n) is 4.51. The van der Waals surface area contributed by atoms with Crippen molar-refractivity contribution < 1.29 is 4.79 Å². The van der Waals surface area contributed by atoms with Gasteiger partial charge in [-0.3, -0.25) is 4.79 Å². The van der Waals surface area contributed by atoms with Gasteiger partial charge in [-0.05, 0) is 36.8 Å². The molecule has 0 saturated heterocycles. The fourth-order valence-electron chi connectivity index (χ4n) is 1.73. The van der Waals surface area contributed by atoms with E-state index in [1.165, 1.54) is 10.5 Å². The van der Waals surface area contributed by atoms with E-state index in [2.05, 4.69) is 12.1 Å². The van der Waals surface area contributed by atoms with E-state index in [-0.39, 0.29) is 0 Å². The van der Waals surface area contributed by atoms with Crippen LogP contribution in [0.5, 0.6) is 0 Å². The van der Waals surface area contributed by atoms with Gasteiger partial charge in [0, 0.05) is 16.9 Å². The van der Waals surface area contributed by atoms with Crippen LogP contribution in [0.1, 0.15) is 28.8 Å². The molecule has 0 N–H and O–H groups in total. The van der Waals surface area contributed by atoms with E-state index in [0.29, 0.717) is 5.78 Å². The van der Waals surface area contributed by atoms with E-state index in [1.807, 2.05) is 12.3 Å². The molecule has 0 spiro atoms. The molecule has 1 aromatic carbocycles. The van der Waals surface area contributed by atoms with E-state index in [9.17, 15) is 4.79 Å². The summed E-state index contributed by atoms with van der Waals surface area (Å²) in [6.45, 7) is 0. The topological polar surface area (TPSA) is 17.1 Å². The first-order chi connectivity index (χ1) is 6.31. The van der Waals surface area contributed by atoms with Crippen LogP contribution in [-0.2, 0) is 6.42 Å². The molecule has 13 heavy (non-hydrogen) atoms. The van der Waals surface area contributed by atoms with Crippen molar-refractivity contribution in [2.45, 2.75) is 24.2 Å². The number of rotatable bonds is 1. The minimum Gasteiger partial charge on any atom is -0.294 e. The van der Waals surface area contributed by atoms with Gasteiger partial charge in [0.05, 0.1) is 0 Å². The summed E-state index contributed by atoms with van der Waals surface area (Å²) in [6.07, 6.45) is 4.85. The standard InChI is InChI=1S/C11H12OS/c1-13-9-6-5-8-3-2-4-11(12)10(8)7-9/h5-7H,2-4H2,1H3. The summed E-state index contributed by atoms with van der Waals surface area (Å²) in [6, 6.07) is 6.22. The average molecular weight is 192 g/mol. The normalized spacial score (nSPS) is 15.6. The molecule has 0 bridgehead atoms. The van der Waals surface area contributed by atoms with Gasteiger partial charge in [0.25, 0.3) is 0 Å². The zero-order valence-electron chi connectivity index (χ0n) is 7.67. The van der Waals surface area contributed by atoms with E-state index >= 15 is 0 Å². The second-order valence-electron chi connectivity index (χ2n) is 3.30. The SMILES string of the molecule is CSc1ccc2c(c1)C(=O)CCC2. The van der Waals surface area contributed by atoms with Crippen molar-refractivity contribution in [1.29, 1.82) is 0 Å². The summed E-state index contributed by atoms with van der Waals surface area (Å²) in [5.41, 5.74) is 2.19. The molecule has 1 aromatic rings. The van der Waals surface area contributed by atoms with Crippen molar-refractivity contribution in [2.75, 3.05) is 6.26 Å². The number of hydrogen-bond acceptors (Lipinski definition) is 2. The van der Waals surface area contributed by atoms with Crippen LogP contribution in [0.2, 0.25) is 0 Å². The van der Waals surface area contributed by atoms with Gasteiger partial charge in [-0.2, -0.15) is 0 Å². The van der Waals surface area contributed by atoms with E-state index in [0.717, 1.165) is 24.8 Å². The number of carbonyl (C=O) groups is 1. The molecule has 0 fully saturated rings. The molecule has 1 nitrogen and oxygen atoms in total. The van der Waals surface area contributed by atoms with Crippen molar-refractivity contribution in [3.63, 3.8) is 0 Å². The molecule has 2 heteroatoms. The van der Waals surface area contributed by atoms with Gasteiger partial charge < -0.3 is 0 Å². The number of Topliss-reactive ketones (excluding diaryl/α,β-unsaturated/α-hetero) is 1. The lowest BCUT2D eigenvalue weighted by Gasteiger charge is -2.14. The van der Waals surface area contributed by atoms with Crippen molar-refractivity contribution in [3.8, 4) is 0 Å². The number of aryl methyl sites for hydroxylation is 1. The van der Waals surface area contributed by atoms with E-state index < -0.39 is 0 Å². The largest absolute Gasteiger partial charge is 0.294 e. The Bertz CT molecular complexity index is 344. The molecular weight excluding hydrogens is 180 g/mol. The Morgan fingerprint density at radius 2 is 2.15 bits per heavy atom. The average Bonchev–Trinajstić information content (AvgIpc) is 2.18. The van der Waals surface area contributed by atoms with Crippen molar-refractivity contribution in [3.05, 3.63) is 29.3 Å². The first kappa shape index (κ1) is 8.82.